The van der Waals surface area contributed by atoms with Gasteiger partial charge in [0.2, 0.25) is 10.0 Å². The summed E-state index contributed by atoms with van der Waals surface area (Å²) < 4.78 is 27.0. The molecule has 112 valence electrons. The van der Waals surface area contributed by atoms with Crippen molar-refractivity contribution >= 4 is 10.0 Å². The molecule has 0 bridgehead atoms. The fraction of sp³-hybridized carbons (Fsp3) is 0.600. The second-order valence-electron chi connectivity index (χ2n) is 6.33. The van der Waals surface area contributed by atoms with Crippen molar-refractivity contribution in [3.63, 3.8) is 0 Å². The summed E-state index contributed by atoms with van der Waals surface area (Å²) in [7, 11) is -3.40. The Kier molecular flexibility index (Phi) is 4.23. The van der Waals surface area contributed by atoms with Crippen molar-refractivity contribution in [2.75, 3.05) is 19.6 Å². The predicted octanol–water partition coefficient (Wildman–Crippen LogP) is 2.17. The number of hydrogen-bond donors (Lipinski definition) is 1. The third-order valence-electron chi connectivity index (χ3n) is 4.18. The zero-order valence-corrected chi connectivity index (χ0v) is 13.3. The first-order chi connectivity index (χ1) is 9.28. The summed E-state index contributed by atoms with van der Waals surface area (Å²) in [5.74, 6) is 0.318. The first-order valence-electron chi connectivity index (χ1n) is 7.09. The number of nitrogens with zero attached hydrogens (tertiary/aromatic N) is 1. The molecule has 1 aromatic carbocycles. The Hall–Kier alpha value is -0.910. The molecule has 0 radical (unpaired) electrons. The minimum atomic E-state index is -3.40. The van der Waals surface area contributed by atoms with Gasteiger partial charge in [0.05, 0.1) is 4.90 Å². The molecule has 1 aromatic rings. The molecule has 4 nitrogen and oxygen atoms in total. The van der Waals surface area contributed by atoms with E-state index in [2.05, 4.69) is 13.8 Å². The second-order valence-corrected chi connectivity index (χ2v) is 8.27. The van der Waals surface area contributed by atoms with Crippen LogP contribution >= 0.6 is 0 Å². The van der Waals surface area contributed by atoms with Gasteiger partial charge in [0.1, 0.15) is 0 Å². The van der Waals surface area contributed by atoms with E-state index >= 15 is 0 Å². The van der Waals surface area contributed by atoms with Crippen molar-refractivity contribution in [3.05, 3.63) is 29.8 Å². The van der Waals surface area contributed by atoms with E-state index < -0.39 is 10.0 Å². The summed E-state index contributed by atoms with van der Waals surface area (Å²) in [6.45, 7) is 7.76. The number of benzene rings is 1. The molecular formula is C15H24N2O2S. The Morgan fingerprint density at radius 2 is 2.10 bits per heavy atom. The topological polar surface area (TPSA) is 63.4 Å². The summed E-state index contributed by atoms with van der Waals surface area (Å²) in [6.07, 6.45) is 0.826. The lowest BCUT2D eigenvalue weighted by Gasteiger charge is -2.22. The lowest BCUT2D eigenvalue weighted by atomic mass is 9.90. The quantitative estimate of drug-likeness (QED) is 0.926. The molecule has 1 heterocycles. The minimum Gasteiger partial charge on any atom is -0.330 e. The molecule has 0 aliphatic carbocycles. The van der Waals surface area contributed by atoms with Crippen LogP contribution in [0.15, 0.2) is 29.2 Å². The van der Waals surface area contributed by atoms with Crippen LogP contribution in [0.25, 0.3) is 0 Å². The van der Waals surface area contributed by atoms with Gasteiger partial charge in [-0.25, -0.2) is 8.42 Å². The van der Waals surface area contributed by atoms with Crippen molar-refractivity contribution in [1.29, 1.82) is 0 Å². The molecule has 1 saturated heterocycles. The summed E-state index contributed by atoms with van der Waals surface area (Å²) in [5.41, 5.74) is 6.71. The average Bonchev–Trinajstić information content (AvgIpc) is 2.83. The van der Waals surface area contributed by atoms with Crippen LogP contribution in [0.5, 0.6) is 0 Å². The van der Waals surface area contributed by atoms with E-state index in [1.165, 1.54) is 0 Å². The van der Waals surface area contributed by atoms with E-state index in [9.17, 15) is 8.42 Å². The monoisotopic (exact) mass is 296 g/mol. The lowest BCUT2D eigenvalue weighted by Crippen LogP contribution is -2.34. The van der Waals surface area contributed by atoms with E-state index in [1.54, 1.807) is 16.4 Å². The predicted molar refractivity (Wildman–Crippen MR) is 81.1 cm³/mol. The van der Waals surface area contributed by atoms with Crippen LogP contribution in [0.4, 0.5) is 0 Å². The summed E-state index contributed by atoms with van der Waals surface area (Å²) in [4.78, 5) is 0.393. The molecule has 1 aliphatic rings. The van der Waals surface area contributed by atoms with E-state index in [1.807, 2.05) is 19.1 Å². The van der Waals surface area contributed by atoms with Gasteiger partial charge in [-0.2, -0.15) is 4.31 Å². The molecule has 0 aromatic heterocycles. The highest BCUT2D eigenvalue weighted by Crippen LogP contribution is 2.33. The molecular weight excluding hydrogens is 272 g/mol. The Morgan fingerprint density at radius 3 is 2.65 bits per heavy atom. The molecule has 2 N–H and O–H groups in total. The zero-order valence-electron chi connectivity index (χ0n) is 12.5. The van der Waals surface area contributed by atoms with Crippen molar-refractivity contribution in [2.24, 2.45) is 11.1 Å². The highest BCUT2D eigenvalue weighted by molar-refractivity contribution is 7.89. The number of hydrogen-bond acceptors (Lipinski definition) is 3. The highest BCUT2D eigenvalue weighted by Gasteiger charge is 2.38. The molecule has 1 unspecified atom stereocenters. The Balaban J connectivity index is 2.30. The van der Waals surface area contributed by atoms with E-state index in [0.29, 0.717) is 30.4 Å². The fourth-order valence-corrected chi connectivity index (χ4v) is 4.18. The van der Waals surface area contributed by atoms with Gasteiger partial charge in [-0.15, -0.1) is 0 Å². The van der Waals surface area contributed by atoms with Crippen molar-refractivity contribution in [2.45, 2.75) is 38.0 Å². The van der Waals surface area contributed by atoms with E-state index in [0.717, 1.165) is 12.0 Å². The van der Waals surface area contributed by atoms with Gasteiger partial charge in [-0.3, -0.25) is 0 Å². The first kappa shape index (κ1) is 15.5. The number of nitrogens with two attached hydrogens (primary N) is 1. The summed E-state index contributed by atoms with van der Waals surface area (Å²) in [6, 6.07) is 7.26. The average molecular weight is 296 g/mol. The lowest BCUT2D eigenvalue weighted by molar-refractivity contribution is 0.349. The van der Waals surface area contributed by atoms with Gasteiger partial charge in [0.25, 0.3) is 0 Å². The van der Waals surface area contributed by atoms with Crippen LogP contribution in [0.2, 0.25) is 0 Å². The highest BCUT2D eigenvalue weighted by atomic mass is 32.2. The second kappa shape index (κ2) is 5.47. The third-order valence-corrected chi connectivity index (χ3v) is 6.02. The maximum Gasteiger partial charge on any atom is 0.243 e. The third kappa shape index (κ3) is 2.90. The Bertz CT molecular complexity index is 583. The maximum atomic E-state index is 12.7. The fourth-order valence-electron chi connectivity index (χ4n) is 2.53. The van der Waals surface area contributed by atoms with Gasteiger partial charge < -0.3 is 5.73 Å². The van der Waals surface area contributed by atoms with Gasteiger partial charge in [0, 0.05) is 13.1 Å². The first-order valence-corrected chi connectivity index (χ1v) is 8.53. The SMILES string of the molecule is CC(C)c1cccc(S(=O)(=O)N2CCC(C)(CN)C2)c1. The van der Waals surface area contributed by atoms with Gasteiger partial charge in [-0.05, 0) is 42.0 Å². The van der Waals surface area contributed by atoms with Gasteiger partial charge >= 0.3 is 0 Å². The molecule has 0 amide bonds. The van der Waals surface area contributed by atoms with Crippen LogP contribution in [-0.2, 0) is 10.0 Å². The minimum absolute atomic E-state index is 0.0945. The van der Waals surface area contributed by atoms with Crippen LogP contribution < -0.4 is 5.73 Å². The van der Waals surface area contributed by atoms with Crippen LogP contribution in [0.1, 0.15) is 38.7 Å². The smallest absolute Gasteiger partial charge is 0.243 e. The van der Waals surface area contributed by atoms with Gasteiger partial charge in [-0.1, -0.05) is 32.9 Å². The molecule has 1 aliphatic heterocycles. The Labute approximate surface area is 122 Å². The van der Waals surface area contributed by atoms with Crippen LogP contribution in [0, 0.1) is 5.41 Å². The molecule has 1 atom stereocenters. The maximum absolute atomic E-state index is 12.7. The van der Waals surface area contributed by atoms with Crippen LogP contribution in [-0.4, -0.2) is 32.4 Å². The van der Waals surface area contributed by atoms with Crippen molar-refractivity contribution in [1.82, 2.24) is 4.31 Å². The normalized spacial score (nSPS) is 24.4. The van der Waals surface area contributed by atoms with E-state index in [4.69, 9.17) is 5.73 Å². The van der Waals surface area contributed by atoms with E-state index in [-0.39, 0.29) is 5.41 Å². The molecule has 2 rings (SSSR count). The standard InChI is InChI=1S/C15H24N2O2S/c1-12(2)13-5-4-6-14(9-13)20(18,19)17-8-7-15(3,10-16)11-17/h4-6,9,12H,7-8,10-11,16H2,1-3H3. The summed E-state index contributed by atoms with van der Waals surface area (Å²) in [5, 5.41) is 0. The molecule has 5 heteroatoms. The summed E-state index contributed by atoms with van der Waals surface area (Å²) >= 11 is 0. The largest absolute Gasteiger partial charge is 0.330 e. The van der Waals surface area contributed by atoms with Crippen molar-refractivity contribution in [3.8, 4) is 0 Å². The van der Waals surface area contributed by atoms with Gasteiger partial charge in [0.15, 0.2) is 0 Å². The number of sulfonamides is 1. The Morgan fingerprint density at radius 1 is 1.40 bits per heavy atom. The molecule has 1 fully saturated rings. The molecule has 0 spiro atoms. The molecule has 20 heavy (non-hydrogen) atoms. The zero-order chi connectivity index (χ0) is 15.0. The van der Waals surface area contributed by atoms with Crippen molar-refractivity contribution < 1.29 is 8.42 Å². The van der Waals surface area contributed by atoms with Crippen LogP contribution in [0.3, 0.4) is 0 Å². The number of rotatable bonds is 4. The molecule has 0 saturated carbocycles.